The lowest BCUT2D eigenvalue weighted by Crippen LogP contribution is -2.51. The second-order valence-electron chi connectivity index (χ2n) is 12.9. The van der Waals surface area contributed by atoms with Crippen molar-refractivity contribution >= 4 is 54.6 Å². The van der Waals surface area contributed by atoms with Crippen molar-refractivity contribution in [1.29, 1.82) is 0 Å². The number of carbonyl (C=O) groups is 1. The van der Waals surface area contributed by atoms with Gasteiger partial charge < -0.3 is 9.47 Å². The molecule has 0 spiro atoms. The molecule has 3 atom stereocenters. The smallest absolute Gasteiger partial charge is 0.193 e. The van der Waals surface area contributed by atoms with Gasteiger partial charge in [-0.25, -0.2) is 9.97 Å². The van der Waals surface area contributed by atoms with Crippen LogP contribution in [0.4, 0.5) is 0 Å². The molecule has 228 valence electrons. The van der Waals surface area contributed by atoms with E-state index < -0.39 is 5.60 Å². The highest BCUT2D eigenvalue weighted by molar-refractivity contribution is 9.10. The Kier molecular flexibility index (Phi) is 6.95. The molecule has 0 radical (unpaired) electrons. The quantitative estimate of drug-likeness (QED) is 0.0792. The normalized spacial score (nSPS) is 19.9. The van der Waals surface area contributed by atoms with Crippen molar-refractivity contribution in [3.63, 3.8) is 0 Å². The molecule has 0 bridgehead atoms. The number of ketones is 1. The topological polar surface area (TPSA) is 61.3 Å². The van der Waals surface area contributed by atoms with Gasteiger partial charge >= 0.3 is 0 Å². The first kappa shape index (κ1) is 28.9. The molecule has 0 aliphatic carbocycles. The lowest BCUT2D eigenvalue weighted by molar-refractivity contribution is -0.0316. The molecular formula is C40H33BrN2O3. The van der Waals surface area contributed by atoms with Gasteiger partial charge in [0.15, 0.2) is 5.78 Å². The molecule has 5 aromatic carbocycles. The lowest BCUT2D eigenvalue weighted by Gasteiger charge is -2.49. The summed E-state index contributed by atoms with van der Waals surface area (Å²) in [5, 5.41) is 2.03. The predicted octanol–water partition coefficient (Wildman–Crippen LogP) is 9.97. The van der Waals surface area contributed by atoms with E-state index in [2.05, 4.69) is 73.1 Å². The van der Waals surface area contributed by atoms with Gasteiger partial charge in [0.05, 0.1) is 28.7 Å². The average Bonchev–Trinajstić information content (AvgIpc) is 3.07. The highest BCUT2D eigenvalue weighted by Gasteiger charge is 2.51. The summed E-state index contributed by atoms with van der Waals surface area (Å²) >= 11 is 3.74. The maximum absolute atomic E-state index is 13.4. The van der Waals surface area contributed by atoms with Crippen LogP contribution in [0.1, 0.15) is 66.6 Å². The minimum atomic E-state index is -0.486. The molecule has 0 saturated carbocycles. The number of aromatic nitrogens is 2. The van der Waals surface area contributed by atoms with Crippen LogP contribution in [0.3, 0.4) is 0 Å². The molecule has 5 nitrogen and oxygen atoms in total. The zero-order chi connectivity index (χ0) is 31.6. The zero-order valence-electron chi connectivity index (χ0n) is 26.0. The Morgan fingerprint density at radius 2 is 1.65 bits per heavy atom. The number of allylic oxidation sites excluding steroid dienone is 2. The molecule has 0 saturated heterocycles. The number of ether oxygens (including phenoxy) is 2. The molecule has 8 rings (SSSR count). The zero-order valence-corrected chi connectivity index (χ0v) is 27.6. The van der Waals surface area contributed by atoms with E-state index in [4.69, 9.17) is 19.4 Å². The third-order valence-corrected chi connectivity index (χ3v) is 10.1. The van der Waals surface area contributed by atoms with Gasteiger partial charge in [-0.3, -0.25) is 4.79 Å². The van der Waals surface area contributed by atoms with Gasteiger partial charge in [-0.15, -0.1) is 0 Å². The highest BCUT2D eigenvalue weighted by Crippen LogP contribution is 2.57. The number of halogens is 1. The summed E-state index contributed by atoms with van der Waals surface area (Å²) < 4.78 is 14.7. The van der Waals surface area contributed by atoms with Crippen LogP contribution in [0.2, 0.25) is 0 Å². The van der Waals surface area contributed by atoms with Crippen LogP contribution in [0.15, 0.2) is 107 Å². The Bertz CT molecular complexity index is 2220. The van der Waals surface area contributed by atoms with Crippen molar-refractivity contribution in [3.8, 4) is 11.5 Å². The molecule has 3 heterocycles. The van der Waals surface area contributed by atoms with Gasteiger partial charge in [-0.1, -0.05) is 82.2 Å². The Morgan fingerprint density at radius 1 is 0.891 bits per heavy atom. The number of nitrogens with zero attached hydrogens (tertiary/aromatic N) is 2. The van der Waals surface area contributed by atoms with Gasteiger partial charge in [0.1, 0.15) is 17.1 Å². The molecular weight excluding hydrogens is 636 g/mol. The summed E-state index contributed by atoms with van der Waals surface area (Å²) in [5.74, 6) is 1.72. The second kappa shape index (κ2) is 11.1. The van der Waals surface area contributed by atoms with E-state index in [-0.39, 0.29) is 17.6 Å². The first-order valence-corrected chi connectivity index (χ1v) is 16.6. The molecule has 0 unspecified atom stereocenters. The maximum Gasteiger partial charge on any atom is 0.193 e. The number of benzene rings is 5. The van der Waals surface area contributed by atoms with Crippen LogP contribution < -0.4 is 9.47 Å². The SMILES string of the molecule is CC(C)=CCC[C@@]1(C)Oc2c(c3nc4cc(C(=O)c5ccccc5)ccc4nc3c3ccccc23)[C@@H]2c3cc(Br)ccc3OC[C@@H]21. The van der Waals surface area contributed by atoms with Gasteiger partial charge in [-0.05, 0) is 70.0 Å². The van der Waals surface area contributed by atoms with Crippen LogP contribution in [0, 0.1) is 5.92 Å². The maximum atomic E-state index is 13.4. The monoisotopic (exact) mass is 668 g/mol. The molecule has 0 fully saturated rings. The van der Waals surface area contributed by atoms with E-state index in [1.54, 1.807) is 0 Å². The summed E-state index contributed by atoms with van der Waals surface area (Å²) in [7, 11) is 0. The number of rotatable bonds is 5. The Labute approximate surface area is 276 Å². The summed E-state index contributed by atoms with van der Waals surface area (Å²) in [6.07, 6.45) is 4.06. The Hall–Kier alpha value is -4.55. The van der Waals surface area contributed by atoms with Crippen molar-refractivity contribution in [2.24, 2.45) is 5.92 Å². The number of hydrogen-bond acceptors (Lipinski definition) is 5. The van der Waals surface area contributed by atoms with Crippen molar-refractivity contribution in [2.75, 3.05) is 6.61 Å². The van der Waals surface area contributed by atoms with E-state index in [1.807, 2.05) is 60.7 Å². The number of carbonyl (C=O) groups excluding carboxylic acids is 1. The van der Waals surface area contributed by atoms with E-state index in [0.29, 0.717) is 23.3 Å². The number of hydrogen-bond donors (Lipinski definition) is 0. The Morgan fingerprint density at radius 3 is 2.46 bits per heavy atom. The van der Waals surface area contributed by atoms with Gasteiger partial charge in [-0.2, -0.15) is 0 Å². The standard InChI is InChI=1S/C40H33BrN2O3/c1-23(2)10-9-19-40(3)30-22-45-33-18-16-26(41)21-29(33)34(30)35-37-36(27-13-7-8-14-28(27)39(35)46-40)42-31-17-15-25(20-32(31)43-37)38(44)24-11-5-4-6-12-24/h4-8,10-18,20-21,30,34H,9,19,22H2,1-3H3/t30-,34+,40+/m0/s1. The molecule has 1 aromatic heterocycles. The van der Waals surface area contributed by atoms with Crippen molar-refractivity contribution in [2.45, 2.75) is 45.1 Å². The minimum Gasteiger partial charge on any atom is -0.493 e. The van der Waals surface area contributed by atoms with Gasteiger partial charge in [0.25, 0.3) is 0 Å². The van der Waals surface area contributed by atoms with Crippen LogP contribution in [0.25, 0.3) is 32.8 Å². The molecule has 6 aromatic rings. The molecule has 2 aliphatic heterocycles. The summed E-state index contributed by atoms with van der Waals surface area (Å²) in [6.45, 7) is 7.06. The molecule has 2 aliphatic rings. The lowest BCUT2D eigenvalue weighted by atomic mass is 9.67. The fraction of sp³-hybridized carbons (Fsp3) is 0.225. The third-order valence-electron chi connectivity index (χ3n) is 9.64. The van der Waals surface area contributed by atoms with Crippen molar-refractivity contribution < 1.29 is 14.3 Å². The molecule has 0 amide bonds. The van der Waals surface area contributed by atoms with Gasteiger partial charge in [0.2, 0.25) is 0 Å². The van der Waals surface area contributed by atoms with E-state index in [9.17, 15) is 4.79 Å². The van der Waals surface area contributed by atoms with Crippen LogP contribution in [0.5, 0.6) is 11.5 Å². The highest BCUT2D eigenvalue weighted by atomic mass is 79.9. The predicted molar refractivity (Wildman–Crippen MR) is 187 cm³/mol. The van der Waals surface area contributed by atoms with Crippen molar-refractivity contribution in [1.82, 2.24) is 9.97 Å². The van der Waals surface area contributed by atoms with Gasteiger partial charge in [0, 0.05) is 49.3 Å². The summed E-state index contributed by atoms with van der Waals surface area (Å²) in [6, 6.07) is 29.6. The first-order chi connectivity index (χ1) is 22.3. The number of fused-ring (bicyclic) bond motifs is 11. The van der Waals surface area contributed by atoms with Crippen molar-refractivity contribution in [3.05, 3.63) is 129 Å². The molecule has 46 heavy (non-hydrogen) atoms. The third kappa shape index (κ3) is 4.70. The average molecular weight is 670 g/mol. The fourth-order valence-electron chi connectivity index (χ4n) is 7.33. The van der Waals surface area contributed by atoms with Crippen LogP contribution in [-0.2, 0) is 0 Å². The first-order valence-electron chi connectivity index (χ1n) is 15.8. The largest absolute Gasteiger partial charge is 0.493 e. The summed E-state index contributed by atoms with van der Waals surface area (Å²) in [5.41, 5.74) is 7.27. The fourth-order valence-corrected chi connectivity index (χ4v) is 7.71. The minimum absolute atomic E-state index is 0.0327. The Balaban J connectivity index is 1.41. The van der Waals surface area contributed by atoms with Crippen LogP contribution in [-0.4, -0.2) is 28.0 Å². The molecule has 6 heteroatoms. The second-order valence-corrected chi connectivity index (χ2v) is 13.8. The van der Waals surface area contributed by atoms with E-state index >= 15 is 0 Å². The van der Waals surface area contributed by atoms with E-state index in [1.165, 1.54) is 5.57 Å². The van der Waals surface area contributed by atoms with Crippen LogP contribution >= 0.6 is 15.9 Å². The molecule has 0 N–H and O–H groups in total. The van der Waals surface area contributed by atoms with E-state index in [0.717, 1.165) is 67.3 Å². The summed E-state index contributed by atoms with van der Waals surface area (Å²) in [4.78, 5) is 24.0.